The molecular formula is C24H27F5. The number of rotatable bonds is 6. The van der Waals surface area contributed by atoms with Crippen molar-refractivity contribution in [3.8, 4) is 11.1 Å². The van der Waals surface area contributed by atoms with E-state index in [1.54, 1.807) is 0 Å². The van der Waals surface area contributed by atoms with E-state index in [1.165, 1.54) is 62.6 Å². The zero-order valence-electron chi connectivity index (χ0n) is 16.6. The van der Waals surface area contributed by atoms with Gasteiger partial charge in [0.25, 0.3) is 0 Å². The summed E-state index contributed by atoms with van der Waals surface area (Å²) in [4.78, 5) is 0. The Bertz CT molecular complexity index is 766. The molecule has 0 spiro atoms. The van der Waals surface area contributed by atoms with Gasteiger partial charge in [-0.15, -0.1) is 0 Å². The summed E-state index contributed by atoms with van der Waals surface area (Å²) in [5, 5.41) is 0. The van der Waals surface area contributed by atoms with Gasteiger partial charge in [0, 0.05) is 5.56 Å². The van der Waals surface area contributed by atoms with Crippen LogP contribution >= 0.6 is 0 Å². The summed E-state index contributed by atoms with van der Waals surface area (Å²) in [6.45, 7) is 2.22. The van der Waals surface area contributed by atoms with Crippen molar-refractivity contribution in [2.45, 2.75) is 69.9 Å². The molecule has 1 aliphatic carbocycles. The van der Waals surface area contributed by atoms with Crippen LogP contribution in [0.25, 0.3) is 11.1 Å². The van der Waals surface area contributed by atoms with Gasteiger partial charge in [-0.05, 0) is 54.2 Å². The second-order valence-electron chi connectivity index (χ2n) is 8.13. The fraction of sp³-hybridized carbons (Fsp3) is 0.500. The zero-order valence-corrected chi connectivity index (χ0v) is 16.6. The standard InChI is InChI=1S/C24H27F5/c1-2-3-4-17-5-7-18(8-6-17)19-9-11-20(12-10-19)21-13-15-22(16-14-21)23(25,26)24(27,28)29/h9-18H,2-8H2,1H3. The Morgan fingerprint density at radius 2 is 1.28 bits per heavy atom. The Hall–Kier alpha value is -1.91. The molecule has 2 aromatic rings. The van der Waals surface area contributed by atoms with Gasteiger partial charge in [0.2, 0.25) is 0 Å². The van der Waals surface area contributed by atoms with Crippen molar-refractivity contribution < 1.29 is 22.0 Å². The van der Waals surface area contributed by atoms with Gasteiger partial charge in [0.05, 0.1) is 0 Å². The van der Waals surface area contributed by atoms with E-state index in [-0.39, 0.29) is 0 Å². The number of hydrogen-bond acceptors (Lipinski definition) is 0. The third kappa shape index (κ3) is 4.99. The normalized spacial score (nSPS) is 20.6. The molecule has 29 heavy (non-hydrogen) atoms. The van der Waals surface area contributed by atoms with Crippen LogP contribution < -0.4 is 0 Å². The highest BCUT2D eigenvalue weighted by molar-refractivity contribution is 5.64. The number of halogens is 5. The highest BCUT2D eigenvalue weighted by atomic mass is 19.4. The van der Waals surface area contributed by atoms with Crippen LogP contribution in [-0.4, -0.2) is 6.18 Å². The van der Waals surface area contributed by atoms with Crippen LogP contribution in [0.5, 0.6) is 0 Å². The van der Waals surface area contributed by atoms with Gasteiger partial charge in [-0.2, -0.15) is 22.0 Å². The number of unbranched alkanes of at least 4 members (excludes halogenated alkanes) is 1. The van der Waals surface area contributed by atoms with Crippen molar-refractivity contribution >= 4 is 0 Å². The molecule has 1 saturated carbocycles. The SMILES string of the molecule is CCCCC1CCC(c2ccc(-c3ccc(C(F)(F)C(F)(F)F)cc3)cc2)CC1. The van der Waals surface area contributed by atoms with E-state index in [1.807, 2.05) is 12.1 Å². The van der Waals surface area contributed by atoms with Crippen molar-refractivity contribution in [2.24, 2.45) is 5.92 Å². The minimum atomic E-state index is -5.59. The maximum atomic E-state index is 13.4. The molecule has 0 radical (unpaired) electrons. The van der Waals surface area contributed by atoms with Gasteiger partial charge >= 0.3 is 12.1 Å². The molecule has 0 bridgehead atoms. The van der Waals surface area contributed by atoms with Gasteiger partial charge in [0.15, 0.2) is 0 Å². The molecule has 0 aliphatic heterocycles. The van der Waals surface area contributed by atoms with Crippen LogP contribution in [0.4, 0.5) is 22.0 Å². The smallest absolute Gasteiger partial charge is 0.191 e. The van der Waals surface area contributed by atoms with E-state index in [4.69, 9.17) is 0 Å². The zero-order chi connectivity index (χ0) is 21.1. The Labute approximate surface area is 169 Å². The lowest BCUT2D eigenvalue weighted by atomic mass is 9.77. The molecule has 3 rings (SSSR count). The molecule has 158 valence electrons. The lowest BCUT2D eigenvalue weighted by Gasteiger charge is -2.29. The molecule has 0 N–H and O–H groups in total. The predicted molar refractivity (Wildman–Crippen MR) is 106 cm³/mol. The number of hydrogen-bond donors (Lipinski definition) is 0. The highest BCUT2D eigenvalue weighted by Gasteiger charge is 2.58. The van der Waals surface area contributed by atoms with Crippen LogP contribution in [-0.2, 0) is 5.92 Å². The van der Waals surface area contributed by atoms with E-state index >= 15 is 0 Å². The maximum absolute atomic E-state index is 13.4. The second kappa shape index (κ2) is 8.85. The fourth-order valence-corrected chi connectivity index (χ4v) is 4.26. The molecule has 0 heterocycles. The van der Waals surface area contributed by atoms with E-state index in [0.717, 1.165) is 23.6 Å². The first-order valence-electron chi connectivity index (χ1n) is 10.4. The van der Waals surface area contributed by atoms with Gasteiger partial charge < -0.3 is 0 Å². The molecule has 2 aromatic carbocycles. The highest BCUT2D eigenvalue weighted by Crippen LogP contribution is 2.44. The Balaban J connectivity index is 1.65. The summed E-state index contributed by atoms with van der Waals surface area (Å²) in [6.07, 6.45) is 3.19. The van der Waals surface area contributed by atoms with Crippen molar-refractivity contribution in [1.29, 1.82) is 0 Å². The van der Waals surface area contributed by atoms with Crippen molar-refractivity contribution in [3.05, 3.63) is 59.7 Å². The van der Waals surface area contributed by atoms with E-state index in [9.17, 15) is 22.0 Å². The van der Waals surface area contributed by atoms with Crippen molar-refractivity contribution in [3.63, 3.8) is 0 Å². The molecule has 5 heteroatoms. The molecule has 1 fully saturated rings. The van der Waals surface area contributed by atoms with E-state index in [0.29, 0.717) is 11.5 Å². The molecule has 0 amide bonds. The lowest BCUT2D eigenvalue weighted by molar-refractivity contribution is -0.289. The number of alkyl halides is 5. The third-order valence-electron chi connectivity index (χ3n) is 6.13. The summed E-state index contributed by atoms with van der Waals surface area (Å²) in [5.74, 6) is -3.45. The van der Waals surface area contributed by atoms with Crippen LogP contribution in [0.1, 0.15) is 68.9 Å². The lowest BCUT2D eigenvalue weighted by Crippen LogP contribution is -2.33. The predicted octanol–water partition coefficient (Wildman–Crippen LogP) is 8.47. The number of benzene rings is 2. The average molecular weight is 410 g/mol. The van der Waals surface area contributed by atoms with Gasteiger partial charge in [-0.25, -0.2) is 0 Å². The second-order valence-corrected chi connectivity index (χ2v) is 8.13. The first-order valence-corrected chi connectivity index (χ1v) is 10.4. The topological polar surface area (TPSA) is 0 Å². The first-order chi connectivity index (χ1) is 13.7. The maximum Gasteiger partial charge on any atom is 0.458 e. The van der Waals surface area contributed by atoms with Crippen LogP contribution in [0.3, 0.4) is 0 Å². The van der Waals surface area contributed by atoms with Crippen LogP contribution in [0, 0.1) is 5.92 Å². The van der Waals surface area contributed by atoms with Crippen molar-refractivity contribution in [1.82, 2.24) is 0 Å². The molecule has 0 saturated heterocycles. The van der Waals surface area contributed by atoms with Crippen LogP contribution in [0.15, 0.2) is 48.5 Å². The quantitative estimate of drug-likeness (QED) is 0.419. The molecule has 0 aromatic heterocycles. The summed E-state index contributed by atoms with van der Waals surface area (Å²) < 4.78 is 64.4. The summed E-state index contributed by atoms with van der Waals surface area (Å²) >= 11 is 0. The molecule has 1 aliphatic rings. The van der Waals surface area contributed by atoms with E-state index in [2.05, 4.69) is 19.1 Å². The Kier molecular flexibility index (Phi) is 6.65. The fourth-order valence-electron chi connectivity index (χ4n) is 4.26. The molecule has 0 nitrogen and oxygen atoms in total. The third-order valence-corrected chi connectivity index (χ3v) is 6.13. The van der Waals surface area contributed by atoms with E-state index < -0.39 is 17.7 Å². The Morgan fingerprint density at radius 1 is 0.759 bits per heavy atom. The molecule has 0 unspecified atom stereocenters. The Morgan fingerprint density at radius 3 is 1.76 bits per heavy atom. The van der Waals surface area contributed by atoms with Gasteiger partial charge in [-0.1, -0.05) is 74.7 Å². The molecule has 0 atom stereocenters. The van der Waals surface area contributed by atoms with Crippen LogP contribution in [0.2, 0.25) is 0 Å². The van der Waals surface area contributed by atoms with Gasteiger partial charge in [-0.3, -0.25) is 0 Å². The monoisotopic (exact) mass is 410 g/mol. The summed E-state index contributed by atoms with van der Waals surface area (Å²) in [6, 6.07) is 12.3. The first kappa shape index (κ1) is 21.8. The molecular weight excluding hydrogens is 383 g/mol. The minimum Gasteiger partial charge on any atom is -0.191 e. The minimum absolute atomic E-state index is 0.551. The summed E-state index contributed by atoms with van der Waals surface area (Å²) in [5.41, 5.74) is 1.68. The average Bonchev–Trinajstić information content (AvgIpc) is 2.72. The van der Waals surface area contributed by atoms with Gasteiger partial charge in [0.1, 0.15) is 0 Å². The van der Waals surface area contributed by atoms with Crippen molar-refractivity contribution in [2.75, 3.05) is 0 Å². The summed E-state index contributed by atoms with van der Waals surface area (Å²) in [7, 11) is 0. The largest absolute Gasteiger partial charge is 0.458 e.